The molecule has 1 aromatic carbocycles. The lowest BCUT2D eigenvalue weighted by Crippen LogP contribution is -2.22. The number of aromatic nitrogens is 2. The molecule has 0 saturated heterocycles. The van der Waals surface area contributed by atoms with Gasteiger partial charge in [0.15, 0.2) is 0 Å². The lowest BCUT2D eigenvalue weighted by atomic mass is 10.2. The summed E-state index contributed by atoms with van der Waals surface area (Å²) in [5.74, 6) is 0. The molecule has 0 fully saturated rings. The zero-order valence-corrected chi connectivity index (χ0v) is 12.0. The maximum absolute atomic E-state index is 12.0. The number of aryl methyl sites for hydroxylation is 1. The number of rotatable bonds is 2. The standard InChI is InChI=1S/C12H11BrClN3O/c1-7-11(13)12(18)17(6-16-7)5-8-2-3-9(14)10(15)4-8/h2-4,6H,5,15H2,1H3. The molecule has 6 heteroatoms. The van der Waals surface area contributed by atoms with Gasteiger partial charge in [-0.2, -0.15) is 0 Å². The lowest BCUT2D eigenvalue weighted by molar-refractivity contribution is 0.724. The van der Waals surface area contributed by atoms with Crippen LogP contribution in [0.5, 0.6) is 0 Å². The zero-order chi connectivity index (χ0) is 13.3. The molecular weight excluding hydrogens is 318 g/mol. The van der Waals surface area contributed by atoms with Gasteiger partial charge in [-0.3, -0.25) is 9.36 Å². The van der Waals surface area contributed by atoms with Gasteiger partial charge in [0.25, 0.3) is 5.56 Å². The van der Waals surface area contributed by atoms with Crippen LogP contribution in [0.25, 0.3) is 0 Å². The average Bonchev–Trinajstić information content (AvgIpc) is 2.34. The Balaban J connectivity index is 2.37. The molecule has 0 atom stereocenters. The molecule has 0 aliphatic rings. The molecule has 0 amide bonds. The SMILES string of the molecule is Cc1ncn(Cc2ccc(Cl)c(N)c2)c(=O)c1Br. The molecule has 0 bridgehead atoms. The van der Waals surface area contributed by atoms with Gasteiger partial charge < -0.3 is 5.73 Å². The predicted octanol–water partition coefficient (Wildman–Crippen LogP) is 2.60. The lowest BCUT2D eigenvalue weighted by Gasteiger charge is -2.08. The summed E-state index contributed by atoms with van der Waals surface area (Å²) < 4.78 is 1.99. The quantitative estimate of drug-likeness (QED) is 0.862. The van der Waals surface area contributed by atoms with E-state index >= 15 is 0 Å². The van der Waals surface area contributed by atoms with Gasteiger partial charge in [-0.15, -0.1) is 0 Å². The summed E-state index contributed by atoms with van der Waals surface area (Å²) in [5.41, 5.74) is 7.68. The van der Waals surface area contributed by atoms with E-state index in [1.54, 1.807) is 19.1 Å². The maximum Gasteiger partial charge on any atom is 0.268 e. The first-order chi connectivity index (χ1) is 8.49. The molecule has 4 nitrogen and oxygen atoms in total. The van der Waals surface area contributed by atoms with Crippen LogP contribution < -0.4 is 11.3 Å². The van der Waals surface area contributed by atoms with E-state index in [4.69, 9.17) is 17.3 Å². The van der Waals surface area contributed by atoms with Gasteiger partial charge >= 0.3 is 0 Å². The minimum Gasteiger partial charge on any atom is -0.398 e. The summed E-state index contributed by atoms with van der Waals surface area (Å²) in [4.78, 5) is 16.1. The number of hydrogen-bond acceptors (Lipinski definition) is 3. The molecule has 0 spiro atoms. The largest absolute Gasteiger partial charge is 0.398 e. The Bertz CT molecular complexity index is 654. The fourth-order valence-corrected chi connectivity index (χ4v) is 1.99. The third kappa shape index (κ3) is 2.57. The fourth-order valence-electron chi connectivity index (χ4n) is 1.55. The Hall–Kier alpha value is -1.33. The van der Waals surface area contributed by atoms with E-state index in [-0.39, 0.29) is 5.56 Å². The number of nitrogen functional groups attached to an aromatic ring is 1. The van der Waals surface area contributed by atoms with E-state index in [2.05, 4.69) is 20.9 Å². The van der Waals surface area contributed by atoms with E-state index in [0.29, 0.717) is 27.4 Å². The van der Waals surface area contributed by atoms with Crippen LogP contribution in [0.2, 0.25) is 5.02 Å². The van der Waals surface area contributed by atoms with Gasteiger partial charge in [0.2, 0.25) is 0 Å². The normalized spacial score (nSPS) is 10.6. The first-order valence-electron chi connectivity index (χ1n) is 5.24. The monoisotopic (exact) mass is 327 g/mol. The second-order valence-electron chi connectivity index (χ2n) is 3.93. The van der Waals surface area contributed by atoms with Crippen molar-refractivity contribution in [3.8, 4) is 0 Å². The highest BCUT2D eigenvalue weighted by atomic mass is 79.9. The molecule has 1 aromatic heterocycles. The van der Waals surface area contributed by atoms with Gasteiger partial charge in [-0.05, 0) is 40.5 Å². The molecule has 2 aromatic rings. The number of nitrogens with zero attached hydrogens (tertiary/aromatic N) is 2. The van der Waals surface area contributed by atoms with Gasteiger partial charge in [-0.1, -0.05) is 17.7 Å². The van der Waals surface area contributed by atoms with Crippen molar-refractivity contribution in [3.05, 3.63) is 55.6 Å². The molecule has 1 heterocycles. The minimum absolute atomic E-state index is 0.115. The van der Waals surface area contributed by atoms with E-state index in [9.17, 15) is 4.79 Å². The van der Waals surface area contributed by atoms with Crippen molar-refractivity contribution in [1.29, 1.82) is 0 Å². The Kier molecular flexibility index (Phi) is 3.73. The number of hydrogen-bond donors (Lipinski definition) is 1. The van der Waals surface area contributed by atoms with Gasteiger partial charge in [0, 0.05) is 0 Å². The highest BCUT2D eigenvalue weighted by Gasteiger charge is 2.06. The summed E-state index contributed by atoms with van der Waals surface area (Å²) in [6.07, 6.45) is 1.52. The second-order valence-corrected chi connectivity index (χ2v) is 5.13. The molecule has 0 radical (unpaired) electrons. The van der Waals surface area contributed by atoms with Crippen molar-refractivity contribution in [3.63, 3.8) is 0 Å². The first kappa shape index (κ1) is 13.1. The van der Waals surface area contributed by atoms with Crippen LogP contribution >= 0.6 is 27.5 Å². The van der Waals surface area contributed by atoms with Crippen LogP contribution in [-0.4, -0.2) is 9.55 Å². The van der Waals surface area contributed by atoms with Crippen LogP contribution in [0.1, 0.15) is 11.3 Å². The molecule has 2 N–H and O–H groups in total. The molecule has 2 rings (SSSR count). The number of anilines is 1. The van der Waals surface area contributed by atoms with Crippen LogP contribution in [0, 0.1) is 6.92 Å². The van der Waals surface area contributed by atoms with Crippen molar-refractivity contribution in [1.82, 2.24) is 9.55 Å². The van der Waals surface area contributed by atoms with Crippen molar-refractivity contribution >= 4 is 33.2 Å². The second kappa shape index (κ2) is 5.12. The van der Waals surface area contributed by atoms with Crippen molar-refractivity contribution < 1.29 is 0 Å². The van der Waals surface area contributed by atoms with E-state index in [0.717, 1.165) is 5.56 Å². The minimum atomic E-state index is -0.115. The summed E-state index contributed by atoms with van der Waals surface area (Å²) in [6, 6.07) is 5.30. The third-order valence-electron chi connectivity index (χ3n) is 2.57. The predicted molar refractivity (Wildman–Crippen MR) is 75.9 cm³/mol. The summed E-state index contributed by atoms with van der Waals surface area (Å²) in [5, 5.41) is 0.509. The summed E-state index contributed by atoms with van der Waals surface area (Å²) >= 11 is 9.08. The topological polar surface area (TPSA) is 60.9 Å². The molecule has 0 saturated carbocycles. The smallest absolute Gasteiger partial charge is 0.268 e. The Morgan fingerprint density at radius 3 is 2.89 bits per heavy atom. The number of benzene rings is 1. The molecule has 0 aliphatic carbocycles. The van der Waals surface area contributed by atoms with Crippen LogP contribution in [-0.2, 0) is 6.54 Å². The maximum atomic E-state index is 12.0. The van der Waals surface area contributed by atoms with Gasteiger partial charge in [0.1, 0.15) is 4.47 Å². The molecular formula is C12H11BrClN3O. The van der Waals surface area contributed by atoms with Gasteiger partial charge in [-0.25, -0.2) is 4.98 Å². The van der Waals surface area contributed by atoms with Crippen molar-refractivity contribution in [2.45, 2.75) is 13.5 Å². The Labute approximate surface area is 118 Å². The van der Waals surface area contributed by atoms with Gasteiger partial charge in [0.05, 0.1) is 29.3 Å². The Morgan fingerprint density at radius 1 is 1.50 bits per heavy atom. The van der Waals surface area contributed by atoms with Crippen LogP contribution in [0.3, 0.4) is 0 Å². The highest BCUT2D eigenvalue weighted by molar-refractivity contribution is 9.10. The van der Waals surface area contributed by atoms with E-state index in [1.165, 1.54) is 10.9 Å². The number of halogens is 2. The number of nitrogens with two attached hydrogens (primary N) is 1. The summed E-state index contributed by atoms with van der Waals surface area (Å²) in [6.45, 7) is 2.18. The van der Waals surface area contributed by atoms with Crippen molar-refractivity contribution in [2.24, 2.45) is 0 Å². The first-order valence-corrected chi connectivity index (χ1v) is 6.41. The highest BCUT2D eigenvalue weighted by Crippen LogP contribution is 2.19. The molecule has 0 unspecified atom stereocenters. The van der Waals surface area contributed by atoms with Crippen LogP contribution in [0.15, 0.2) is 33.8 Å². The molecule has 18 heavy (non-hydrogen) atoms. The van der Waals surface area contributed by atoms with E-state index < -0.39 is 0 Å². The van der Waals surface area contributed by atoms with Crippen molar-refractivity contribution in [2.75, 3.05) is 5.73 Å². The molecule has 0 aliphatic heterocycles. The zero-order valence-electron chi connectivity index (χ0n) is 9.65. The molecule has 94 valence electrons. The third-order valence-corrected chi connectivity index (χ3v) is 3.83. The summed E-state index contributed by atoms with van der Waals surface area (Å²) in [7, 11) is 0. The Morgan fingerprint density at radius 2 is 2.22 bits per heavy atom. The van der Waals surface area contributed by atoms with Crippen LogP contribution in [0.4, 0.5) is 5.69 Å². The van der Waals surface area contributed by atoms with E-state index in [1.807, 2.05) is 6.07 Å². The fraction of sp³-hybridized carbons (Fsp3) is 0.167. The average molecular weight is 329 g/mol.